The van der Waals surface area contributed by atoms with Crippen LogP contribution in [0.5, 0.6) is 0 Å². The van der Waals surface area contributed by atoms with E-state index in [9.17, 15) is 9.59 Å². The molecule has 0 spiro atoms. The van der Waals surface area contributed by atoms with Crippen LogP contribution in [0.15, 0.2) is 54.2 Å². The van der Waals surface area contributed by atoms with Crippen LogP contribution in [0.2, 0.25) is 0 Å². The molecule has 0 radical (unpaired) electrons. The maximum Gasteiger partial charge on any atom is 0.305 e. The third-order valence-corrected chi connectivity index (χ3v) is 6.97. The second kappa shape index (κ2) is 10.1. The minimum absolute atomic E-state index is 0.00640. The Bertz CT molecular complexity index is 1070. The number of ether oxygens (including phenoxy) is 1. The highest BCUT2D eigenvalue weighted by Crippen LogP contribution is 2.35. The molecule has 0 aromatic heterocycles. The lowest BCUT2D eigenvalue weighted by Crippen LogP contribution is -2.34. The molecule has 1 amide bonds. The van der Waals surface area contributed by atoms with Crippen LogP contribution < -0.4 is 10.6 Å². The molecule has 7 nitrogen and oxygen atoms in total. The lowest BCUT2D eigenvalue weighted by molar-refractivity contribution is -0.140. The van der Waals surface area contributed by atoms with Crippen LogP contribution >= 0.6 is 11.8 Å². The van der Waals surface area contributed by atoms with E-state index in [0.29, 0.717) is 24.9 Å². The summed E-state index contributed by atoms with van der Waals surface area (Å²) in [5.74, 6) is 1.84. The zero-order valence-electron chi connectivity index (χ0n) is 18.7. The zero-order valence-corrected chi connectivity index (χ0v) is 19.5. The summed E-state index contributed by atoms with van der Waals surface area (Å²) in [6.45, 7) is 2.36. The van der Waals surface area contributed by atoms with Gasteiger partial charge in [-0.05, 0) is 41.8 Å². The molecule has 2 aromatic rings. The minimum Gasteiger partial charge on any atom is -0.469 e. The van der Waals surface area contributed by atoms with Gasteiger partial charge in [-0.25, -0.2) is 0 Å². The Balaban J connectivity index is 1.62. The summed E-state index contributed by atoms with van der Waals surface area (Å²) in [6, 6.07) is 15.1. The molecular weight excluding hydrogens is 436 g/mol. The minimum atomic E-state index is -0.232. The highest BCUT2D eigenvalue weighted by molar-refractivity contribution is 7.99. The number of carbonyl (C=O) groups is 2. The Morgan fingerprint density at radius 3 is 2.36 bits per heavy atom. The molecule has 0 aliphatic carbocycles. The summed E-state index contributed by atoms with van der Waals surface area (Å²) in [5.41, 5.74) is 10.7. The molecule has 1 saturated heterocycles. The first-order chi connectivity index (χ1) is 16.0. The third kappa shape index (κ3) is 5.06. The molecule has 2 aromatic carbocycles. The molecule has 2 aliphatic rings. The van der Waals surface area contributed by atoms with Crippen LogP contribution in [-0.2, 0) is 20.7 Å². The highest BCUT2D eigenvalue weighted by atomic mass is 32.2. The maximum absolute atomic E-state index is 13.6. The molecule has 2 aliphatic heterocycles. The van der Waals surface area contributed by atoms with Crippen molar-refractivity contribution in [1.29, 1.82) is 5.41 Å². The number of amidine groups is 1. The first kappa shape index (κ1) is 22.9. The topological polar surface area (TPSA) is 99.7 Å². The van der Waals surface area contributed by atoms with Crippen LogP contribution in [0.3, 0.4) is 0 Å². The molecule has 0 bridgehead atoms. The lowest BCUT2D eigenvalue weighted by atomic mass is 10.0. The Kier molecular flexibility index (Phi) is 7.03. The fourth-order valence-electron chi connectivity index (χ4n) is 4.16. The van der Waals surface area contributed by atoms with E-state index in [1.165, 1.54) is 7.11 Å². The van der Waals surface area contributed by atoms with Crippen LogP contribution in [-0.4, -0.2) is 60.9 Å². The van der Waals surface area contributed by atoms with E-state index in [0.717, 1.165) is 52.7 Å². The number of methoxy groups -OCH3 is 1. The number of hydrogen-bond donors (Lipinski definition) is 2. The van der Waals surface area contributed by atoms with Gasteiger partial charge in [0.1, 0.15) is 5.84 Å². The summed E-state index contributed by atoms with van der Waals surface area (Å²) >= 11 is 1.94. The van der Waals surface area contributed by atoms with Crippen LogP contribution in [0, 0.1) is 5.41 Å². The van der Waals surface area contributed by atoms with Gasteiger partial charge in [0, 0.05) is 48.0 Å². The van der Waals surface area contributed by atoms with Gasteiger partial charge in [-0.15, -0.1) is 0 Å². The highest BCUT2D eigenvalue weighted by Gasteiger charge is 2.35. The fourth-order valence-corrected chi connectivity index (χ4v) is 5.06. The monoisotopic (exact) mass is 464 g/mol. The number of nitrogens with two attached hydrogens (primary N) is 1. The van der Waals surface area contributed by atoms with E-state index in [1.807, 2.05) is 48.2 Å². The molecule has 1 fully saturated rings. The summed E-state index contributed by atoms with van der Waals surface area (Å²) in [7, 11) is 1.39. The Morgan fingerprint density at radius 2 is 1.76 bits per heavy atom. The maximum atomic E-state index is 13.6. The molecule has 4 rings (SSSR count). The lowest BCUT2D eigenvalue weighted by Gasteiger charge is -2.30. The zero-order chi connectivity index (χ0) is 23.4. The van der Waals surface area contributed by atoms with E-state index >= 15 is 0 Å². The largest absolute Gasteiger partial charge is 0.469 e. The van der Waals surface area contributed by atoms with E-state index in [-0.39, 0.29) is 17.7 Å². The first-order valence-electron chi connectivity index (χ1n) is 11.0. The fraction of sp³-hybridized carbons (Fsp3) is 0.320. The third-order valence-electron chi connectivity index (χ3n) is 6.03. The van der Waals surface area contributed by atoms with Gasteiger partial charge >= 0.3 is 5.97 Å². The Labute approximate surface area is 198 Å². The molecule has 172 valence electrons. The molecule has 8 heteroatoms. The number of thioether (sulfide) groups is 1. The number of nitrogens with one attached hydrogen (secondary N) is 1. The Hall–Kier alpha value is -3.26. The van der Waals surface area contributed by atoms with Gasteiger partial charge in [0.05, 0.1) is 19.2 Å². The number of nitrogens with zero attached hydrogens (tertiary/aromatic N) is 2. The first-order valence-corrected chi connectivity index (χ1v) is 12.1. The number of nitrogen functional groups attached to an aromatic ring is 1. The predicted octanol–water partition coefficient (Wildman–Crippen LogP) is 2.88. The second-order valence-corrected chi connectivity index (χ2v) is 9.27. The van der Waals surface area contributed by atoms with Crippen molar-refractivity contribution in [2.45, 2.75) is 12.8 Å². The van der Waals surface area contributed by atoms with E-state index < -0.39 is 0 Å². The van der Waals surface area contributed by atoms with Crippen molar-refractivity contribution in [2.75, 3.05) is 43.1 Å². The van der Waals surface area contributed by atoms with Crippen molar-refractivity contribution in [1.82, 2.24) is 4.90 Å². The van der Waals surface area contributed by atoms with Crippen molar-refractivity contribution in [2.24, 2.45) is 5.73 Å². The van der Waals surface area contributed by atoms with Crippen molar-refractivity contribution in [3.63, 3.8) is 0 Å². The average molecular weight is 465 g/mol. The number of carbonyl (C=O) groups excluding carboxylic acids is 2. The van der Waals surface area contributed by atoms with E-state index in [2.05, 4.69) is 4.90 Å². The number of benzene rings is 2. The SMILES string of the molecule is COC(=O)CCc1ccc(C2=C(N3CCSCC3)CN(c3ccc(C(=N)N)cc3)C2=O)cc1. The van der Waals surface area contributed by atoms with Crippen LogP contribution in [0.4, 0.5) is 5.69 Å². The van der Waals surface area contributed by atoms with E-state index in [1.54, 1.807) is 17.0 Å². The van der Waals surface area contributed by atoms with Crippen molar-refractivity contribution < 1.29 is 14.3 Å². The van der Waals surface area contributed by atoms with E-state index in [4.69, 9.17) is 15.9 Å². The van der Waals surface area contributed by atoms with Gasteiger partial charge < -0.3 is 20.3 Å². The second-order valence-electron chi connectivity index (χ2n) is 8.05. The van der Waals surface area contributed by atoms with Crippen molar-refractivity contribution in [3.8, 4) is 0 Å². The standard InChI is InChI=1S/C25H28N4O3S/c1-32-22(30)11-4-17-2-5-18(6-3-17)23-21(28-12-14-33-15-13-28)16-29(25(23)31)20-9-7-19(8-10-20)24(26)27/h2-3,5-10H,4,11-16H2,1H3,(H3,26,27). The summed E-state index contributed by atoms with van der Waals surface area (Å²) in [5, 5.41) is 7.60. The van der Waals surface area contributed by atoms with Gasteiger partial charge in [-0.1, -0.05) is 24.3 Å². The normalized spacial score (nSPS) is 16.3. The number of aryl methyl sites for hydroxylation is 1. The van der Waals surface area contributed by atoms with Gasteiger partial charge in [-0.3, -0.25) is 15.0 Å². The summed E-state index contributed by atoms with van der Waals surface area (Å²) in [4.78, 5) is 29.2. The molecule has 0 unspecified atom stereocenters. The van der Waals surface area contributed by atoms with Crippen molar-refractivity contribution >= 4 is 40.7 Å². The van der Waals surface area contributed by atoms with Gasteiger partial charge in [0.25, 0.3) is 5.91 Å². The van der Waals surface area contributed by atoms with Crippen molar-refractivity contribution in [3.05, 3.63) is 70.9 Å². The summed E-state index contributed by atoms with van der Waals surface area (Å²) in [6.07, 6.45) is 0.934. The number of amides is 1. The van der Waals surface area contributed by atoms with Gasteiger partial charge in [0.15, 0.2) is 0 Å². The molecule has 33 heavy (non-hydrogen) atoms. The van der Waals surface area contributed by atoms with Crippen LogP contribution in [0.1, 0.15) is 23.1 Å². The van der Waals surface area contributed by atoms with Gasteiger partial charge in [-0.2, -0.15) is 11.8 Å². The Morgan fingerprint density at radius 1 is 1.09 bits per heavy atom. The molecule has 3 N–H and O–H groups in total. The van der Waals surface area contributed by atoms with Gasteiger partial charge in [0.2, 0.25) is 0 Å². The molecule has 0 atom stereocenters. The quantitative estimate of drug-likeness (QED) is 0.371. The smallest absolute Gasteiger partial charge is 0.305 e. The molecule has 2 heterocycles. The number of anilines is 1. The molecular formula is C25H28N4O3S. The number of rotatable bonds is 7. The molecule has 0 saturated carbocycles. The number of hydrogen-bond acceptors (Lipinski definition) is 6. The number of esters is 1. The summed E-state index contributed by atoms with van der Waals surface area (Å²) < 4.78 is 4.72. The predicted molar refractivity (Wildman–Crippen MR) is 132 cm³/mol. The van der Waals surface area contributed by atoms with Crippen LogP contribution in [0.25, 0.3) is 5.57 Å². The average Bonchev–Trinajstić information content (AvgIpc) is 3.20.